The lowest BCUT2D eigenvalue weighted by Gasteiger charge is -2.31. The van der Waals surface area contributed by atoms with Gasteiger partial charge in [0.1, 0.15) is 24.3 Å². The lowest BCUT2D eigenvalue weighted by atomic mass is 9.96. The maximum Gasteiger partial charge on any atom is 0.221 e. The fourth-order valence-electron chi connectivity index (χ4n) is 3.52. The van der Waals surface area contributed by atoms with Gasteiger partial charge in [0.25, 0.3) is 0 Å². The van der Waals surface area contributed by atoms with Gasteiger partial charge in [0.15, 0.2) is 0 Å². The SMILES string of the molecule is COc1ncccc1-c1cc(F)cc(OCC(O)CN2CCC(C(N)=O)CC2)c1. The summed E-state index contributed by atoms with van der Waals surface area (Å²) >= 11 is 0. The molecule has 1 unspecified atom stereocenters. The van der Waals surface area contributed by atoms with E-state index < -0.39 is 11.9 Å². The number of aliphatic hydroxyl groups is 1. The number of halogens is 1. The van der Waals surface area contributed by atoms with Crippen LogP contribution in [-0.4, -0.2) is 60.4 Å². The number of aromatic nitrogens is 1. The van der Waals surface area contributed by atoms with Crippen LogP contribution in [0.1, 0.15) is 12.8 Å². The summed E-state index contributed by atoms with van der Waals surface area (Å²) in [5, 5.41) is 10.3. The Morgan fingerprint density at radius 2 is 2.14 bits per heavy atom. The molecule has 0 aliphatic carbocycles. The van der Waals surface area contributed by atoms with Crippen molar-refractivity contribution in [1.82, 2.24) is 9.88 Å². The molecule has 2 aromatic rings. The number of ether oxygens (including phenoxy) is 2. The predicted molar refractivity (Wildman–Crippen MR) is 106 cm³/mol. The minimum Gasteiger partial charge on any atom is -0.491 e. The van der Waals surface area contributed by atoms with Gasteiger partial charge in [-0.1, -0.05) is 0 Å². The highest BCUT2D eigenvalue weighted by molar-refractivity contribution is 5.76. The molecule has 1 aliphatic heterocycles. The van der Waals surface area contributed by atoms with Crippen LogP contribution in [-0.2, 0) is 4.79 Å². The number of methoxy groups -OCH3 is 1. The predicted octanol–water partition coefficient (Wildman–Crippen LogP) is 1.83. The molecule has 3 N–H and O–H groups in total. The van der Waals surface area contributed by atoms with Crippen molar-refractivity contribution < 1.29 is 23.8 Å². The lowest BCUT2D eigenvalue weighted by Crippen LogP contribution is -2.43. The Kier molecular flexibility index (Phi) is 7.00. The summed E-state index contributed by atoms with van der Waals surface area (Å²) in [4.78, 5) is 17.4. The Labute approximate surface area is 169 Å². The number of hydrogen-bond acceptors (Lipinski definition) is 6. The highest BCUT2D eigenvalue weighted by Gasteiger charge is 2.24. The Bertz CT molecular complexity index is 840. The summed E-state index contributed by atoms with van der Waals surface area (Å²) in [6.07, 6.45) is 2.26. The summed E-state index contributed by atoms with van der Waals surface area (Å²) < 4.78 is 25.0. The van der Waals surface area contributed by atoms with E-state index in [9.17, 15) is 14.3 Å². The molecule has 0 saturated carbocycles. The van der Waals surface area contributed by atoms with Gasteiger partial charge in [-0.15, -0.1) is 0 Å². The van der Waals surface area contributed by atoms with Gasteiger partial charge < -0.3 is 25.2 Å². The van der Waals surface area contributed by atoms with Crippen LogP contribution in [0.2, 0.25) is 0 Å². The second kappa shape index (κ2) is 9.67. The molecule has 0 radical (unpaired) electrons. The molecule has 1 aliphatic rings. The summed E-state index contributed by atoms with van der Waals surface area (Å²) in [5.74, 6) is -0.0947. The van der Waals surface area contributed by atoms with Gasteiger partial charge in [-0.25, -0.2) is 9.37 Å². The van der Waals surface area contributed by atoms with E-state index in [-0.39, 0.29) is 18.4 Å². The number of pyridine rings is 1. The van der Waals surface area contributed by atoms with Crippen LogP contribution < -0.4 is 15.2 Å². The molecule has 156 valence electrons. The second-order valence-electron chi connectivity index (χ2n) is 7.18. The Morgan fingerprint density at radius 3 is 2.83 bits per heavy atom. The fraction of sp³-hybridized carbons (Fsp3) is 0.429. The fourth-order valence-corrected chi connectivity index (χ4v) is 3.52. The van der Waals surface area contributed by atoms with Crippen LogP contribution in [0.5, 0.6) is 11.6 Å². The molecule has 1 saturated heterocycles. The van der Waals surface area contributed by atoms with Crippen LogP contribution in [0.3, 0.4) is 0 Å². The van der Waals surface area contributed by atoms with Crippen molar-refractivity contribution >= 4 is 5.91 Å². The van der Waals surface area contributed by atoms with Crippen LogP contribution in [0.4, 0.5) is 4.39 Å². The van der Waals surface area contributed by atoms with E-state index >= 15 is 0 Å². The van der Waals surface area contributed by atoms with E-state index in [0.717, 1.165) is 0 Å². The monoisotopic (exact) mass is 403 g/mol. The average molecular weight is 403 g/mol. The van der Waals surface area contributed by atoms with Crippen molar-refractivity contribution in [2.75, 3.05) is 33.4 Å². The zero-order valence-corrected chi connectivity index (χ0v) is 16.4. The van der Waals surface area contributed by atoms with Gasteiger partial charge in [-0.3, -0.25) is 4.79 Å². The number of amides is 1. The molecule has 0 bridgehead atoms. The number of carbonyl (C=O) groups excluding carboxylic acids is 1. The zero-order chi connectivity index (χ0) is 20.8. The number of β-amino-alcohol motifs (C(OH)–C–C–N with tert-alkyl or cyclic N) is 1. The van der Waals surface area contributed by atoms with E-state index in [0.29, 0.717) is 55.2 Å². The second-order valence-corrected chi connectivity index (χ2v) is 7.18. The zero-order valence-electron chi connectivity index (χ0n) is 16.4. The molecular formula is C21H26FN3O4. The third kappa shape index (κ3) is 5.65. The molecule has 8 heteroatoms. The smallest absolute Gasteiger partial charge is 0.221 e. The highest BCUT2D eigenvalue weighted by atomic mass is 19.1. The van der Waals surface area contributed by atoms with Crippen molar-refractivity contribution in [3.63, 3.8) is 0 Å². The summed E-state index contributed by atoms with van der Waals surface area (Å²) in [6, 6.07) is 7.88. The van der Waals surface area contributed by atoms with Crippen LogP contribution in [0.25, 0.3) is 11.1 Å². The number of primary amides is 1. The molecule has 29 heavy (non-hydrogen) atoms. The van der Waals surface area contributed by atoms with Gasteiger partial charge in [0.05, 0.1) is 7.11 Å². The van der Waals surface area contributed by atoms with Crippen molar-refractivity contribution in [3.8, 4) is 22.8 Å². The number of rotatable bonds is 8. The molecular weight excluding hydrogens is 377 g/mol. The van der Waals surface area contributed by atoms with Gasteiger partial charge in [-0.2, -0.15) is 0 Å². The molecule has 1 atom stereocenters. The molecule has 3 rings (SSSR count). The van der Waals surface area contributed by atoms with Gasteiger partial charge >= 0.3 is 0 Å². The van der Waals surface area contributed by atoms with Gasteiger partial charge in [0, 0.05) is 30.3 Å². The Hall–Kier alpha value is -2.71. The average Bonchev–Trinajstić information content (AvgIpc) is 2.72. The molecule has 2 heterocycles. The molecule has 1 aromatic heterocycles. The molecule has 1 amide bonds. The molecule has 7 nitrogen and oxygen atoms in total. The van der Waals surface area contributed by atoms with Crippen LogP contribution in [0.15, 0.2) is 36.5 Å². The first-order chi connectivity index (χ1) is 14.0. The third-order valence-corrected chi connectivity index (χ3v) is 5.05. The highest BCUT2D eigenvalue weighted by Crippen LogP contribution is 2.31. The van der Waals surface area contributed by atoms with Gasteiger partial charge in [-0.05, 0) is 55.8 Å². The topological polar surface area (TPSA) is 97.9 Å². The number of likely N-dealkylation sites (tertiary alicyclic amines) is 1. The molecule has 1 aromatic carbocycles. The normalized spacial score (nSPS) is 16.4. The van der Waals surface area contributed by atoms with E-state index in [2.05, 4.69) is 9.88 Å². The lowest BCUT2D eigenvalue weighted by molar-refractivity contribution is -0.123. The van der Waals surface area contributed by atoms with Crippen molar-refractivity contribution in [3.05, 3.63) is 42.3 Å². The Morgan fingerprint density at radius 1 is 1.38 bits per heavy atom. The van der Waals surface area contributed by atoms with Crippen molar-refractivity contribution in [2.45, 2.75) is 18.9 Å². The molecule has 0 spiro atoms. The number of piperidine rings is 1. The first-order valence-electron chi connectivity index (χ1n) is 9.58. The van der Waals surface area contributed by atoms with E-state index in [4.69, 9.17) is 15.2 Å². The third-order valence-electron chi connectivity index (χ3n) is 5.05. The van der Waals surface area contributed by atoms with Crippen molar-refractivity contribution in [2.24, 2.45) is 11.7 Å². The van der Waals surface area contributed by atoms with Crippen LogP contribution in [0, 0.1) is 11.7 Å². The first kappa shape index (κ1) is 21.0. The maximum atomic E-state index is 14.1. The van der Waals surface area contributed by atoms with Crippen LogP contribution >= 0.6 is 0 Å². The minimum atomic E-state index is -0.736. The van der Waals surface area contributed by atoms with E-state index in [1.165, 1.54) is 19.2 Å². The first-order valence-corrected chi connectivity index (χ1v) is 9.58. The summed E-state index contributed by atoms with van der Waals surface area (Å²) in [7, 11) is 1.51. The molecule has 1 fully saturated rings. The van der Waals surface area contributed by atoms with E-state index in [1.54, 1.807) is 24.4 Å². The number of aliphatic hydroxyl groups excluding tert-OH is 1. The number of hydrogen-bond donors (Lipinski definition) is 2. The Balaban J connectivity index is 1.58. The van der Waals surface area contributed by atoms with E-state index in [1.807, 2.05) is 0 Å². The summed E-state index contributed by atoms with van der Waals surface area (Å²) in [5.41, 5.74) is 6.57. The number of benzene rings is 1. The number of nitrogens with two attached hydrogens (primary N) is 1. The quantitative estimate of drug-likeness (QED) is 0.698. The largest absolute Gasteiger partial charge is 0.491 e. The summed E-state index contributed by atoms with van der Waals surface area (Å²) in [6.45, 7) is 1.86. The minimum absolute atomic E-state index is 0.0306. The maximum absolute atomic E-state index is 14.1. The van der Waals surface area contributed by atoms with Crippen molar-refractivity contribution in [1.29, 1.82) is 0 Å². The standard InChI is InChI=1S/C21H26FN3O4/c1-28-21-19(3-2-6-24-21)15-9-16(22)11-18(10-15)29-13-17(26)12-25-7-4-14(5-8-25)20(23)27/h2-3,6,9-11,14,17,26H,4-5,7-8,12-13H2,1H3,(H2,23,27). The number of nitrogens with zero attached hydrogens (tertiary/aromatic N) is 2. The van der Waals surface area contributed by atoms with Gasteiger partial charge in [0.2, 0.25) is 11.8 Å². The number of carbonyl (C=O) groups is 1.